The minimum atomic E-state index is -3.00. The van der Waals surface area contributed by atoms with Crippen LogP contribution in [0.5, 0.6) is 11.5 Å². The van der Waals surface area contributed by atoms with Crippen molar-refractivity contribution in [2.75, 3.05) is 11.9 Å². The highest BCUT2D eigenvalue weighted by Gasteiger charge is 2.12. The molecule has 24 heavy (non-hydrogen) atoms. The lowest BCUT2D eigenvalue weighted by atomic mass is 10.2. The molecule has 0 fully saturated rings. The van der Waals surface area contributed by atoms with Gasteiger partial charge in [-0.3, -0.25) is 4.79 Å². The monoisotopic (exact) mass is 352 g/mol. The summed E-state index contributed by atoms with van der Waals surface area (Å²) in [5, 5.41) is 11.3. The number of halogens is 3. The number of ether oxygens (including phenoxy) is 2. The number of nitrogens with zero attached hydrogens (tertiary/aromatic N) is 1. The van der Waals surface area contributed by atoms with Crippen molar-refractivity contribution < 1.29 is 23.0 Å². The standard InChI is InChI=1S/C16H11ClF2N2O3/c17-11-7-10(8-20)5-6-13(11)23-9-15(22)21-12-3-1-2-4-14(12)24-16(18)19/h1-7,16H,9H2,(H,21,22). The molecule has 8 heteroatoms. The molecular formula is C16H11ClF2N2O3. The first-order valence-electron chi connectivity index (χ1n) is 6.65. The summed E-state index contributed by atoms with van der Waals surface area (Å²) in [5.74, 6) is -0.513. The second-order valence-corrected chi connectivity index (χ2v) is 4.88. The molecule has 124 valence electrons. The van der Waals surface area contributed by atoms with Crippen molar-refractivity contribution >= 4 is 23.2 Å². The molecule has 0 saturated heterocycles. The van der Waals surface area contributed by atoms with E-state index in [0.717, 1.165) is 0 Å². The Balaban J connectivity index is 1.98. The van der Waals surface area contributed by atoms with Crippen LogP contribution in [0.1, 0.15) is 5.56 Å². The third-order valence-electron chi connectivity index (χ3n) is 2.80. The van der Waals surface area contributed by atoms with Crippen molar-refractivity contribution in [1.29, 1.82) is 5.26 Å². The van der Waals surface area contributed by atoms with Gasteiger partial charge in [0.15, 0.2) is 6.61 Å². The average molecular weight is 353 g/mol. The van der Waals surface area contributed by atoms with Gasteiger partial charge in [-0.2, -0.15) is 14.0 Å². The first-order valence-corrected chi connectivity index (χ1v) is 7.03. The van der Waals surface area contributed by atoms with E-state index in [1.54, 1.807) is 6.07 Å². The van der Waals surface area contributed by atoms with E-state index < -0.39 is 19.1 Å². The fourth-order valence-electron chi connectivity index (χ4n) is 1.79. The van der Waals surface area contributed by atoms with E-state index in [-0.39, 0.29) is 22.2 Å². The minimum Gasteiger partial charge on any atom is -0.482 e. The molecule has 0 aromatic heterocycles. The van der Waals surface area contributed by atoms with Crippen LogP contribution in [0.2, 0.25) is 5.02 Å². The molecule has 1 N–H and O–H groups in total. The van der Waals surface area contributed by atoms with Crippen LogP contribution in [0.25, 0.3) is 0 Å². The van der Waals surface area contributed by atoms with Crippen molar-refractivity contribution in [2.24, 2.45) is 0 Å². The number of hydrogen-bond donors (Lipinski definition) is 1. The maximum Gasteiger partial charge on any atom is 0.387 e. The molecule has 0 saturated carbocycles. The lowest BCUT2D eigenvalue weighted by Crippen LogP contribution is -2.21. The minimum absolute atomic E-state index is 0.0947. The Morgan fingerprint density at radius 3 is 2.67 bits per heavy atom. The third kappa shape index (κ3) is 4.83. The van der Waals surface area contributed by atoms with Crippen LogP contribution in [-0.2, 0) is 4.79 Å². The SMILES string of the molecule is N#Cc1ccc(OCC(=O)Nc2ccccc2OC(F)F)c(Cl)c1. The lowest BCUT2D eigenvalue weighted by Gasteiger charge is -2.12. The number of nitrogens with one attached hydrogen (secondary N) is 1. The molecule has 2 rings (SSSR count). The zero-order chi connectivity index (χ0) is 17.5. The molecule has 0 atom stereocenters. The molecule has 2 aromatic carbocycles. The van der Waals surface area contributed by atoms with Crippen molar-refractivity contribution in [3.63, 3.8) is 0 Å². The zero-order valence-corrected chi connectivity index (χ0v) is 12.9. The van der Waals surface area contributed by atoms with Crippen molar-refractivity contribution in [2.45, 2.75) is 6.61 Å². The Morgan fingerprint density at radius 1 is 1.25 bits per heavy atom. The van der Waals surface area contributed by atoms with Gasteiger partial charge in [0.05, 0.1) is 22.3 Å². The molecule has 0 aliphatic heterocycles. The predicted octanol–water partition coefficient (Wildman–Crippen LogP) is 3.83. The van der Waals surface area contributed by atoms with Gasteiger partial charge in [-0.25, -0.2) is 0 Å². The number of amides is 1. The summed E-state index contributed by atoms with van der Waals surface area (Å²) >= 11 is 5.92. The Kier molecular flexibility index (Phi) is 5.93. The highest BCUT2D eigenvalue weighted by Crippen LogP contribution is 2.27. The highest BCUT2D eigenvalue weighted by atomic mass is 35.5. The molecule has 1 amide bonds. The molecule has 0 spiro atoms. The summed E-state index contributed by atoms with van der Waals surface area (Å²) in [5.41, 5.74) is 0.451. The summed E-state index contributed by atoms with van der Waals surface area (Å²) in [6.45, 7) is -3.40. The van der Waals surface area contributed by atoms with E-state index in [0.29, 0.717) is 5.56 Å². The van der Waals surface area contributed by atoms with Crippen LogP contribution in [-0.4, -0.2) is 19.1 Å². The summed E-state index contributed by atoms with van der Waals surface area (Å²) in [7, 11) is 0. The first-order chi connectivity index (χ1) is 11.5. The first kappa shape index (κ1) is 17.5. The number of rotatable bonds is 6. The van der Waals surface area contributed by atoms with E-state index in [9.17, 15) is 13.6 Å². The molecule has 0 unspecified atom stereocenters. The number of alkyl halides is 2. The Hall–Kier alpha value is -2.85. The number of anilines is 1. The van der Waals surface area contributed by atoms with E-state index in [1.807, 2.05) is 6.07 Å². The number of carbonyl (C=O) groups is 1. The molecule has 0 radical (unpaired) electrons. The summed E-state index contributed by atoms with van der Waals surface area (Å²) in [6, 6.07) is 12.1. The second kappa shape index (κ2) is 8.13. The van der Waals surface area contributed by atoms with Gasteiger partial charge in [0.2, 0.25) is 0 Å². The fourth-order valence-corrected chi connectivity index (χ4v) is 2.02. The number of benzene rings is 2. The van der Waals surface area contributed by atoms with E-state index in [4.69, 9.17) is 21.6 Å². The molecule has 5 nitrogen and oxygen atoms in total. The van der Waals surface area contributed by atoms with Crippen LogP contribution in [0.4, 0.5) is 14.5 Å². The number of hydrogen-bond acceptors (Lipinski definition) is 4. The van der Waals surface area contributed by atoms with Gasteiger partial charge in [-0.15, -0.1) is 0 Å². The van der Waals surface area contributed by atoms with Crippen LogP contribution in [0.3, 0.4) is 0 Å². The van der Waals surface area contributed by atoms with Gasteiger partial charge >= 0.3 is 6.61 Å². The largest absolute Gasteiger partial charge is 0.482 e. The Morgan fingerprint density at radius 2 is 2.00 bits per heavy atom. The van der Waals surface area contributed by atoms with Crippen LogP contribution < -0.4 is 14.8 Å². The van der Waals surface area contributed by atoms with E-state index >= 15 is 0 Å². The zero-order valence-electron chi connectivity index (χ0n) is 12.1. The third-order valence-corrected chi connectivity index (χ3v) is 3.09. The maximum absolute atomic E-state index is 12.3. The molecule has 2 aromatic rings. The predicted molar refractivity (Wildman–Crippen MR) is 83.4 cm³/mol. The van der Waals surface area contributed by atoms with Crippen LogP contribution in [0, 0.1) is 11.3 Å². The second-order valence-electron chi connectivity index (χ2n) is 4.47. The van der Waals surface area contributed by atoms with Gasteiger partial charge in [-0.1, -0.05) is 23.7 Å². The van der Waals surface area contributed by atoms with Gasteiger partial charge in [0.1, 0.15) is 11.5 Å². The summed E-state index contributed by atoms with van der Waals surface area (Å²) < 4.78 is 34.2. The fraction of sp³-hybridized carbons (Fsp3) is 0.125. The van der Waals surface area contributed by atoms with Crippen molar-refractivity contribution in [1.82, 2.24) is 0 Å². The summed E-state index contributed by atoms with van der Waals surface area (Å²) in [4.78, 5) is 11.9. The van der Waals surface area contributed by atoms with E-state index in [1.165, 1.54) is 36.4 Å². The lowest BCUT2D eigenvalue weighted by molar-refractivity contribution is -0.118. The molecule has 0 aliphatic carbocycles. The molecular weight excluding hydrogens is 342 g/mol. The number of para-hydroxylation sites is 2. The smallest absolute Gasteiger partial charge is 0.387 e. The van der Waals surface area contributed by atoms with Crippen molar-refractivity contribution in [3.05, 3.63) is 53.1 Å². The van der Waals surface area contributed by atoms with Crippen LogP contribution >= 0.6 is 11.6 Å². The highest BCUT2D eigenvalue weighted by molar-refractivity contribution is 6.32. The van der Waals surface area contributed by atoms with Gasteiger partial charge < -0.3 is 14.8 Å². The summed E-state index contributed by atoms with van der Waals surface area (Å²) in [6.07, 6.45) is 0. The molecule has 0 aliphatic rings. The normalized spacial score (nSPS) is 10.1. The Bertz CT molecular complexity index is 778. The molecule has 0 bridgehead atoms. The van der Waals surface area contributed by atoms with Crippen molar-refractivity contribution in [3.8, 4) is 17.6 Å². The quantitative estimate of drug-likeness (QED) is 0.857. The van der Waals surface area contributed by atoms with Gasteiger partial charge in [0, 0.05) is 0 Å². The number of carbonyl (C=O) groups excluding carboxylic acids is 1. The Labute approximate surface area is 141 Å². The maximum atomic E-state index is 12.3. The molecule has 0 heterocycles. The van der Waals surface area contributed by atoms with E-state index in [2.05, 4.69) is 10.1 Å². The topological polar surface area (TPSA) is 71.3 Å². The van der Waals surface area contributed by atoms with Crippen LogP contribution in [0.15, 0.2) is 42.5 Å². The number of nitriles is 1. The van der Waals surface area contributed by atoms with Gasteiger partial charge in [0.25, 0.3) is 5.91 Å². The average Bonchev–Trinajstić information content (AvgIpc) is 2.55. The van der Waals surface area contributed by atoms with Gasteiger partial charge in [-0.05, 0) is 30.3 Å².